The Morgan fingerprint density at radius 1 is 1.09 bits per heavy atom. The van der Waals surface area contributed by atoms with Crippen molar-refractivity contribution in [1.29, 1.82) is 0 Å². The predicted molar refractivity (Wildman–Crippen MR) is 130 cm³/mol. The lowest BCUT2D eigenvalue weighted by atomic mass is 9.94. The summed E-state index contributed by atoms with van der Waals surface area (Å²) < 4.78 is 25.0. The van der Waals surface area contributed by atoms with E-state index in [0.717, 1.165) is 5.56 Å². The Hall–Kier alpha value is -4.17. The molecule has 176 valence electrons. The number of hydrogen-bond acceptors (Lipinski definition) is 5. The number of benzene rings is 3. The van der Waals surface area contributed by atoms with Crippen LogP contribution in [-0.2, 0) is 0 Å². The number of ether oxygens (including phenoxy) is 1. The van der Waals surface area contributed by atoms with E-state index in [0.29, 0.717) is 39.1 Å². The Balaban J connectivity index is 1.66. The summed E-state index contributed by atoms with van der Waals surface area (Å²) in [7, 11) is 1.52. The van der Waals surface area contributed by atoms with E-state index in [9.17, 15) is 9.18 Å². The third-order valence-electron chi connectivity index (χ3n) is 5.75. The molecule has 1 aliphatic heterocycles. The van der Waals surface area contributed by atoms with Gasteiger partial charge >= 0.3 is 6.03 Å². The number of anilines is 1. The topological polar surface area (TPSA) is 80.5 Å². The summed E-state index contributed by atoms with van der Waals surface area (Å²) in [5.74, 6) is 0.667. The van der Waals surface area contributed by atoms with Gasteiger partial charge in [-0.3, -0.25) is 4.90 Å². The third kappa shape index (κ3) is 4.24. The van der Waals surface area contributed by atoms with Gasteiger partial charge in [-0.05, 0) is 42.8 Å². The molecule has 1 N–H and O–H groups in total. The van der Waals surface area contributed by atoms with Gasteiger partial charge in [-0.15, -0.1) is 0 Å². The summed E-state index contributed by atoms with van der Waals surface area (Å²) in [4.78, 5) is 19.3. The number of allylic oxidation sites excluding steroid dienone is 1. The Morgan fingerprint density at radius 2 is 1.89 bits per heavy atom. The summed E-state index contributed by atoms with van der Waals surface area (Å²) in [6, 6.07) is 19.3. The van der Waals surface area contributed by atoms with E-state index in [-0.39, 0.29) is 5.89 Å². The van der Waals surface area contributed by atoms with Crippen molar-refractivity contribution < 1.29 is 18.4 Å². The lowest BCUT2D eigenvalue weighted by Gasteiger charge is -2.35. The lowest BCUT2D eigenvalue weighted by molar-refractivity contribution is 0.244. The van der Waals surface area contributed by atoms with Gasteiger partial charge in [0, 0.05) is 11.3 Å². The first-order valence-electron chi connectivity index (χ1n) is 10.8. The van der Waals surface area contributed by atoms with Crippen LogP contribution in [0.25, 0.3) is 17.0 Å². The standard InChI is InChI=1S/C26H20ClFN4O3/c1-15-22(25-30-24(31-35-25)16-7-4-3-5-8-16)23(17-9-6-10-18(28)13-17)29-26(33)32(15)19-11-12-21(34-2)20(27)14-19/h3-14,23H,1-2H3,(H,29,33). The summed E-state index contributed by atoms with van der Waals surface area (Å²) in [5.41, 5.74) is 2.91. The van der Waals surface area contributed by atoms with Crippen LogP contribution in [0.3, 0.4) is 0 Å². The molecule has 35 heavy (non-hydrogen) atoms. The average Bonchev–Trinajstić information content (AvgIpc) is 3.34. The van der Waals surface area contributed by atoms with Gasteiger partial charge in [-0.2, -0.15) is 4.98 Å². The number of hydrogen-bond donors (Lipinski definition) is 1. The van der Waals surface area contributed by atoms with E-state index in [1.165, 1.54) is 24.1 Å². The smallest absolute Gasteiger partial charge is 0.326 e. The van der Waals surface area contributed by atoms with Crippen LogP contribution in [0.1, 0.15) is 24.4 Å². The first kappa shape index (κ1) is 22.6. The summed E-state index contributed by atoms with van der Waals surface area (Å²) in [5, 5.41) is 7.43. The normalized spacial score (nSPS) is 15.8. The minimum atomic E-state index is -0.716. The number of carbonyl (C=O) groups excluding carboxylic acids is 1. The van der Waals surface area contributed by atoms with Crippen molar-refractivity contribution in [3.63, 3.8) is 0 Å². The van der Waals surface area contributed by atoms with E-state index < -0.39 is 17.9 Å². The van der Waals surface area contributed by atoms with E-state index in [1.54, 1.807) is 37.3 Å². The van der Waals surface area contributed by atoms with Crippen molar-refractivity contribution in [3.8, 4) is 17.1 Å². The third-order valence-corrected chi connectivity index (χ3v) is 6.04. The fourth-order valence-corrected chi connectivity index (χ4v) is 4.35. The first-order chi connectivity index (χ1) is 17.0. The molecule has 4 aromatic rings. The zero-order valence-electron chi connectivity index (χ0n) is 18.8. The van der Waals surface area contributed by atoms with Gasteiger partial charge in [0.15, 0.2) is 0 Å². The first-order valence-corrected chi connectivity index (χ1v) is 11.1. The van der Waals surface area contributed by atoms with Crippen molar-refractivity contribution in [3.05, 3.63) is 101 Å². The van der Waals surface area contributed by atoms with Crippen molar-refractivity contribution in [2.45, 2.75) is 13.0 Å². The molecule has 1 aliphatic rings. The van der Waals surface area contributed by atoms with Crippen molar-refractivity contribution in [1.82, 2.24) is 15.5 Å². The maximum Gasteiger partial charge on any atom is 0.326 e. The van der Waals surface area contributed by atoms with E-state index in [1.807, 2.05) is 30.3 Å². The maximum absolute atomic E-state index is 14.1. The average molecular weight is 491 g/mol. The number of urea groups is 1. The molecule has 0 aliphatic carbocycles. The SMILES string of the molecule is COc1ccc(N2C(=O)NC(c3cccc(F)c3)C(c3nc(-c4ccccc4)no3)=C2C)cc1Cl. The molecule has 1 unspecified atom stereocenters. The molecule has 0 spiro atoms. The molecule has 7 nitrogen and oxygen atoms in total. The Kier molecular flexibility index (Phi) is 5.96. The minimum absolute atomic E-state index is 0.209. The van der Waals surface area contributed by atoms with E-state index in [4.69, 9.17) is 20.9 Å². The number of aromatic nitrogens is 2. The Bertz CT molecular complexity index is 1440. The second kappa shape index (κ2) is 9.23. The molecular weight excluding hydrogens is 471 g/mol. The van der Waals surface area contributed by atoms with Gasteiger partial charge in [0.2, 0.25) is 5.82 Å². The molecule has 5 rings (SSSR count). The van der Waals surface area contributed by atoms with Crippen LogP contribution in [0, 0.1) is 5.82 Å². The lowest BCUT2D eigenvalue weighted by Crippen LogP contribution is -2.46. The zero-order chi connectivity index (χ0) is 24.5. The second-order valence-corrected chi connectivity index (χ2v) is 8.29. The molecule has 0 fully saturated rings. The van der Waals surface area contributed by atoms with Crippen molar-refractivity contribution in [2.75, 3.05) is 12.0 Å². The van der Waals surface area contributed by atoms with Crippen LogP contribution in [0.5, 0.6) is 5.75 Å². The molecule has 0 radical (unpaired) electrons. The van der Waals surface area contributed by atoms with Crippen LogP contribution >= 0.6 is 11.6 Å². The Labute approximate surface area is 205 Å². The van der Waals surface area contributed by atoms with E-state index >= 15 is 0 Å². The van der Waals surface area contributed by atoms with Gasteiger partial charge in [0.25, 0.3) is 5.89 Å². The number of rotatable bonds is 5. The fourth-order valence-electron chi connectivity index (χ4n) is 4.10. The van der Waals surface area contributed by atoms with Crippen LogP contribution in [0.15, 0.2) is 83.0 Å². The van der Waals surface area contributed by atoms with Crippen LogP contribution in [0.2, 0.25) is 5.02 Å². The molecule has 2 heterocycles. The molecule has 3 aromatic carbocycles. The highest BCUT2D eigenvalue weighted by Crippen LogP contribution is 2.40. The number of carbonyl (C=O) groups is 1. The highest BCUT2D eigenvalue weighted by molar-refractivity contribution is 6.32. The molecule has 1 aromatic heterocycles. The molecule has 2 amide bonds. The number of methoxy groups -OCH3 is 1. The molecule has 9 heteroatoms. The summed E-state index contributed by atoms with van der Waals surface area (Å²) in [6.45, 7) is 1.77. The highest BCUT2D eigenvalue weighted by atomic mass is 35.5. The number of amides is 2. The minimum Gasteiger partial charge on any atom is -0.495 e. The van der Waals surface area contributed by atoms with Gasteiger partial charge in [0.05, 0.1) is 29.4 Å². The van der Waals surface area contributed by atoms with Gasteiger partial charge in [-0.1, -0.05) is 59.2 Å². The predicted octanol–water partition coefficient (Wildman–Crippen LogP) is 6.24. The molecular formula is C26H20ClFN4O3. The molecule has 0 saturated heterocycles. The quantitative estimate of drug-likeness (QED) is 0.358. The largest absolute Gasteiger partial charge is 0.495 e. The van der Waals surface area contributed by atoms with Crippen LogP contribution in [-0.4, -0.2) is 23.3 Å². The summed E-state index contributed by atoms with van der Waals surface area (Å²) in [6.07, 6.45) is 0. The second-order valence-electron chi connectivity index (χ2n) is 7.88. The molecule has 1 atom stereocenters. The molecule has 0 bridgehead atoms. The molecule has 0 saturated carbocycles. The van der Waals surface area contributed by atoms with Gasteiger partial charge < -0.3 is 14.6 Å². The zero-order valence-corrected chi connectivity index (χ0v) is 19.6. The summed E-state index contributed by atoms with van der Waals surface area (Å²) >= 11 is 6.33. The fraction of sp³-hybridized carbons (Fsp3) is 0.115. The highest BCUT2D eigenvalue weighted by Gasteiger charge is 2.36. The monoisotopic (exact) mass is 490 g/mol. The number of nitrogens with zero attached hydrogens (tertiary/aromatic N) is 3. The van der Waals surface area contributed by atoms with Crippen LogP contribution < -0.4 is 15.0 Å². The Morgan fingerprint density at radius 3 is 2.60 bits per heavy atom. The van der Waals surface area contributed by atoms with E-state index in [2.05, 4.69) is 15.5 Å². The number of nitrogens with one attached hydrogen (secondary N) is 1. The van der Waals surface area contributed by atoms with Crippen molar-refractivity contribution >= 4 is 28.9 Å². The van der Waals surface area contributed by atoms with Crippen molar-refractivity contribution in [2.24, 2.45) is 0 Å². The van der Waals surface area contributed by atoms with Gasteiger partial charge in [0.1, 0.15) is 11.6 Å². The maximum atomic E-state index is 14.1. The van der Waals surface area contributed by atoms with Crippen LogP contribution in [0.4, 0.5) is 14.9 Å². The van der Waals surface area contributed by atoms with Gasteiger partial charge in [-0.25, -0.2) is 9.18 Å². The number of halogens is 2.